The Morgan fingerprint density at radius 3 is 1.30 bits per heavy atom. The van der Waals surface area contributed by atoms with Crippen LogP contribution in [0.1, 0.15) is 66.4 Å². The van der Waals surface area contributed by atoms with Crippen LogP contribution in [-0.2, 0) is 20.6 Å². The van der Waals surface area contributed by atoms with Crippen molar-refractivity contribution in [1.29, 1.82) is 0 Å². The number of hydrogen-bond donors (Lipinski definition) is 0. The van der Waals surface area contributed by atoms with E-state index in [0.29, 0.717) is 152 Å². The lowest BCUT2D eigenvalue weighted by Gasteiger charge is -2.36. The van der Waals surface area contributed by atoms with E-state index in [-0.39, 0.29) is 51.4 Å². The Hall–Kier alpha value is -10.4. The van der Waals surface area contributed by atoms with Gasteiger partial charge in [-0.05, 0) is 66.6 Å². The average Bonchev–Trinajstić information content (AvgIpc) is 0.807. The maximum Gasteiger partial charge on any atom is 0.357 e. The number of amides is 3. The number of pyridine rings is 3. The largest absolute Gasteiger partial charge is 0.472 e. The normalized spacial score (nSPS) is 14.7. The number of hydrogen-bond acceptors (Lipinski definition) is 18. The minimum absolute atomic E-state index is 0. The van der Waals surface area contributed by atoms with Gasteiger partial charge in [0.2, 0.25) is 0 Å². The molecule has 3 amide bonds. The van der Waals surface area contributed by atoms with Crippen molar-refractivity contribution >= 4 is 95.9 Å². The molecule has 90 heavy (non-hydrogen) atoms. The SMILES string of the molecule is C.C.C.Cn1c(=O)c([N+](=O)[O-])c(N2CCN(C(=O)c3ccoc3)CC2)c2ccccc21.Cn1c(=O)c([N+](=O)[O-])c(N2CCN(C(=O)c3ccsc3)CC2)c2ccccc21.O=C(c1ccco1)N1CCN(c2c([N+](=O)[O-])c(=O)n(CC3CC3)c3ccccc23)CC1. The summed E-state index contributed by atoms with van der Waals surface area (Å²) in [7, 11) is 3.07. The highest BCUT2D eigenvalue weighted by Crippen LogP contribution is 2.39. The Labute approximate surface area is 520 Å². The predicted molar refractivity (Wildman–Crippen MR) is 346 cm³/mol. The molecule has 4 aliphatic rings. The van der Waals surface area contributed by atoms with Gasteiger partial charge in [0.1, 0.15) is 23.3 Å². The number of anilines is 3. The first-order valence-electron chi connectivity index (χ1n) is 28.0. The second-order valence-corrected chi connectivity index (χ2v) is 22.1. The molecule has 6 aromatic heterocycles. The van der Waals surface area contributed by atoms with Crippen LogP contribution in [-0.4, -0.2) is 139 Å². The zero-order valence-corrected chi connectivity index (χ0v) is 48.1. The molecule has 3 aliphatic heterocycles. The third-order valence-electron chi connectivity index (χ3n) is 16.2. The number of piperazine rings is 3. The number of furan rings is 2. The number of thiophene rings is 1. The summed E-state index contributed by atoms with van der Waals surface area (Å²) in [6, 6.07) is 28.3. The Morgan fingerprint density at radius 1 is 0.500 bits per heavy atom. The molecule has 26 nitrogen and oxygen atoms in total. The van der Waals surface area contributed by atoms with Gasteiger partial charge in [0.25, 0.3) is 17.7 Å². The van der Waals surface area contributed by atoms with E-state index in [1.807, 2.05) is 49.7 Å². The quantitative estimate of drug-likeness (QED) is 0.0860. The van der Waals surface area contributed by atoms with E-state index in [0.717, 1.165) is 12.8 Å². The Balaban J connectivity index is 0.000000172. The van der Waals surface area contributed by atoms with Gasteiger partial charge < -0.3 is 51.9 Å². The minimum atomic E-state index is -0.643. The maximum atomic E-state index is 13.2. The second kappa shape index (κ2) is 27.7. The first-order chi connectivity index (χ1) is 42.0. The fourth-order valence-corrected chi connectivity index (χ4v) is 12.2. The van der Waals surface area contributed by atoms with Crippen LogP contribution in [0, 0.1) is 36.3 Å². The number of rotatable bonds is 11. The second-order valence-electron chi connectivity index (χ2n) is 21.3. The number of carbonyl (C=O) groups excluding carboxylic acids is 3. The predicted octanol–water partition coefficient (Wildman–Crippen LogP) is 9.26. The summed E-state index contributed by atoms with van der Waals surface area (Å²) in [6.07, 6.45) is 6.38. The van der Waals surface area contributed by atoms with Gasteiger partial charge in [-0.2, -0.15) is 11.3 Å². The van der Waals surface area contributed by atoms with E-state index < -0.39 is 42.8 Å². The lowest BCUT2D eigenvalue weighted by atomic mass is 10.1. The van der Waals surface area contributed by atoms with E-state index >= 15 is 0 Å². The molecular weight excluding hydrogens is 1180 g/mol. The number of para-hydroxylation sites is 3. The topological polar surface area (TPSA) is 292 Å². The van der Waals surface area contributed by atoms with Crippen LogP contribution in [0.2, 0.25) is 0 Å². The summed E-state index contributed by atoms with van der Waals surface area (Å²) < 4.78 is 14.3. The summed E-state index contributed by atoms with van der Waals surface area (Å²) >= 11 is 1.47. The molecule has 1 saturated carbocycles. The van der Waals surface area contributed by atoms with Crippen molar-refractivity contribution in [1.82, 2.24) is 28.4 Å². The van der Waals surface area contributed by atoms with Crippen LogP contribution in [0.3, 0.4) is 0 Å². The molecule has 4 fully saturated rings. The van der Waals surface area contributed by atoms with Gasteiger partial charge in [-0.25, -0.2) is 0 Å². The van der Waals surface area contributed by atoms with E-state index in [1.54, 1.807) is 99.1 Å². The molecule has 13 rings (SSSR count). The van der Waals surface area contributed by atoms with E-state index in [4.69, 9.17) is 8.83 Å². The van der Waals surface area contributed by atoms with Gasteiger partial charge in [0, 0.05) is 121 Å². The van der Waals surface area contributed by atoms with Crippen LogP contribution in [0.15, 0.2) is 150 Å². The van der Waals surface area contributed by atoms with Crippen molar-refractivity contribution < 1.29 is 38.0 Å². The summed E-state index contributed by atoms with van der Waals surface area (Å²) in [5.41, 5.74) is 1.06. The Morgan fingerprint density at radius 2 is 0.911 bits per heavy atom. The van der Waals surface area contributed by atoms with Crippen molar-refractivity contribution in [2.75, 3.05) is 93.2 Å². The van der Waals surface area contributed by atoms with Crippen LogP contribution in [0.5, 0.6) is 0 Å². The van der Waals surface area contributed by atoms with Gasteiger partial charge in [-0.15, -0.1) is 0 Å². The summed E-state index contributed by atoms with van der Waals surface area (Å²) in [4.78, 5) is 120. The third-order valence-corrected chi connectivity index (χ3v) is 16.9. The molecule has 0 radical (unpaired) electrons. The molecule has 3 aromatic carbocycles. The minimum Gasteiger partial charge on any atom is -0.472 e. The fraction of sp³-hybridized carbons (Fsp3) is 0.333. The molecule has 27 heteroatoms. The molecule has 1 aliphatic carbocycles. The van der Waals surface area contributed by atoms with Gasteiger partial charge in [-0.3, -0.25) is 59.1 Å². The van der Waals surface area contributed by atoms with Gasteiger partial charge in [0.15, 0.2) is 5.76 Å². The lowest BCUT2D eigenvalue weighted by Crippen LogP contribution is -2.49. The molecule has 9 aromatic rings. The number of carbonyl (C=O) groups is 3. The van der Waals surface area contributed by atoms with Crippen molar-refractivity contribution in [2.45, 2.75) is 41.7 Å². The molecular formula is C63H70N12O14S. The maximum absolute atomic E-state index is 13.2. The summed E-state index contributed by atoms with van der Waals surface area (Å²) in [5.74, 6) is 0.292. The molecule has 0 unspecified atom stereocenters. The van der Waals surface area contributed by atoms with E-state index in [9.17, 15) is 59.1 Å². The molecule has 0 spiro atoms. The van der Waals surface area contributed by atoms with Crippen LogP contribution in [0.4, 0.5) is 34.1 Å². The molecule has 3 saturated heterocycles. The molecule has 0 atom stereocenters. The van der Waals surface area contributed by atoms with E-state index in [1.165, 1.54) is 46.3 Å². The van der Waals surface area contributed by atoms with Crippen LogP contribution >= 0.6 is 11.3 Å². The van der Waals surface area contributed by atoms with Crippen LogP contribution in [0.25, 0.3) is 32.7 Å². The number of nitrogens with zero attached hydrogens (tertiary/aromatic N) is 12. The zero-order valence-electron chi connectivity index (χ0n) is 47.3. The van der Waals surface area contributed by atoms with Crippen molar-refractivity contribution in [3.05, 3.63) is 205 Å². The highest BCUT2D eigenvalue weighted by atomic mass is 32.1. The number of aryl methyl sites for hydroxylation is 2. The van der Waals surface area contributed by atoms with Crippen molar-refractivity contribution in [2.24, 2.45) is 20.0 Å². The average molecular weight is 1250 g/mol. The molecule has 472 valence electrons. The van der Waals surface area contributed by atoms with Gasteiger partial charge >= 0.3 is 33.7 Å². The third kappa shape index (κ3) is 12.8. The first kappa shape index (κ1) is 65.5. The number of benzene rings is 3. The zero-order chi connectivity index (χ0) is 61.2. The monoisotopic (exact) mass is 1250 g/mol. The van der Waals surface area contributed by atoms with Crippen molar-refractivity contribution in [3.8, 4) is 0 Å². The van der Waals surface area contributed by atoms with Gasteiger partial charge in [-0.1, -0.05) is 76.9 Å². The molecule has 0 N–H and O–H groups in total. The summed E-state index contributed by atoms with van der Waals surface area (Å²) in [5, 5.41) is 41.1. The Bertz CT molecular complexity index is 4130. The van der Waals surface area contributed by atoms with E-state index in [2.05, 4.69) is 0 Å². The molecule has 0 bridgehead atoms. The standard InChI is InChI=1S/C22H22N4O5.C19H18N4O5.C19H18N4O4S.3CH4/c27-21(18-6-3-13-31-18)24-11-9-23(10-12-24)19-16-4-1-2-5-17(16)25(14-15-7-8-15)22(28)20(19)26(29)30;2*1-20-15-5-3-2-4-14(15)16(17(19(20)25)23(26)27)21-7-9-22(10-8-21)18(24)13-6-11-28-12-13;;;/h1-6,13,15H,7-12,14H2;2*2-6,11-12H,7-10H2,1H3;3*1H4. The highest BCUT2D eigenvalue weighted by Gasteiger charge is 2.36. The van der Waals surface area contributed by atoms with Crippen molar-refractivity contribution in [3.63, 3.8) is 0 Å². The Kier molecular flexibility index (Phi) is 20.2. The number of nitro groups is 3. The van der Waals surface area contributed by atoms with Gasteiger partial charge in [0.05, 0.1) is 55.0 Å². The first-order valence-corrected chi connectivity index (χ1v) is 29.0. The smallest absolute Gasteiger partial charge is 0.357 e. The molecule has 9 heterocycles. The number of fused-ring (bicyclic) bond motifs is 3. The number of aromatic nitrogens is 3. The van der Waals surface area contributed by atoms with Crippen LogP contribution < -0.4 is 31.4 Å². The lowest BCUT2D eigenvalue weighted by molar-refractivity contribution is -0.385. The summed E-state index contributed by atoms with van der Waals surface area (Å²) in [6.45, 7) is 5.36. The fourth-order valence-electron chi connectivity index (χ4n) is 11.6. The highest BCUT2D eigenvalue weighted by molar-refractivity contribution is 7.08.